The van der Waals surface area contributed by atoms with Gasteiger partial charge in [-0.3, -0.25) is 5.32 Å². The van der Waals surface area contributed by atoms with Crippen LogP contribution < -0.4 is 5.32 Å². The number of hydrogen-bond donors (Lipinski definition) is 3. The largest absolute Gasteiger partial charge is 0.507 e. The van der Waals surface area contributed by atoms with Crippen LogP contribution in [-0.4, -0.2) is 23.3 Å². The summed E-state index contributed by atoms with van der Waals surface area (Å²) in [5, 5.41) is 27.4. The number of fused-ring (bicyclic) bond motifs is 2. The molecular formula is C28H25NO4. The molecule has 33 heavy (non-hydrogen) atoms. The second-order valence-corrected chi connectivity index (χ2v) is 8.58. The third kappa shape index (κ3) is 3.24. The molecule has 5 rings (SSSR count). The summed E-state index contributed by atoms with van der Waals surface area (Å²) < 4.78 is 5.28. The number of carbonyl (C=O) groups is 1. The average molecular weight is 440 g/mol. The highest BCUT2D eigenvalue weighted by Gasteiger charge is 2.54. The molecule has 166 valence electrons. The molecule has 0 aliphatic carbocycles. The molecule has 0 amide bonds. The molecule has 5 nitrogen and oxygen atoms in total. The van der Waals surface area contributed by atoms with Crippen LogP contribution in [0.3, 0.4) is 0 Å². The number of phenolic OH excluding ortho intramolecular Hbond substituents is 2. The Hall–Kier alpha value is -3.83. The van der Waals surface area contributed by atoms with E-state index in [1.165, 1.54) is 7.11 Å². The minimum Gasteiger partial charge on any atom is -0.507 e. The van der Waals surface area contributed by atoms with Crippen molar-refractivity contribution in [3.63, 3.8) is 0 Å². The van der Waals surface area contributed by atoms with Gasteiger partial charge in [-0.15, -0.1) is 0 Å². The molecule has 0 spiro atoms. The molecule has 1 heterocycles. The van der Waals surface area contributed by atoms with E-state index < -0.39 is 17.6 Å². The fraction of sp³-hybridized carbons (Fsp3) is 0.179. The highest BCUT2D eigenvalue weighted by Crippen LogP contribution is 2.54. The van der Waals surface area contributed by atoms with Crippen LogP contribution in [0.2, 0.25) is 0 Å². The minimum absolute atomic E-state index is 0.0261. The van der Waals surface area contributed by atoms with E-state index >= 15 is 0 Å². The molecule has 3 N–H and O–H groups in total. The third-order valence-electron chi connectivity index (χ3n) is 6.56. The Bertz CT molecular complexity index is 1350. The Morgan fingerprint density at radius 2 is 1.52 bits per heavy atom. The smallest absolute Gasteiger partial charge is 0.331 e. The minimum atomic E-state index is -1.38. The van der Waals surface area contributed by atoms with Gasteiger partial charge in [-0.2, -0.15) is 0 Å². The van der Waals surface area contributed by atoms with Gasteiger partial charge in [-0.1, -0.05) is 84.4 Å². The summed E-state index contributed by atoms with van der Waals surface area (Å²) in [6, 6.07) is 24.1. The number of phenols is 2. The fourth-order valence-electron chi connectivity index (χ4n) is 4.98. The molecule has 0 radical (unpaired) electrons. The van der Waals surface area contributed by atoms with Crippen LogP contribution in [0.4, 0.5) is 0 Å². The lowest BCUT2D eigenvalue weighted by molar-refractivity contribution is -0.149. The van der Waals surface area contributed by atoms with E-state index in [9.17, 15) is 15.0 Å². The molecule has 0 saturated heterocycles. The third-order valence-corrected chi connectivity index (χ3v) is 6.56. The van der Waals surface area contributed by atoms with Gasteiger partial charge in [0, 0.05) is 28.3 Å². The number of esters is 1. The standard InChI is InChI=1S/C28H25NO4/c1-17-12-14-19(15-13-17)24-22-23(26(31)21-11-7-6-10-20(21)25(22)30)28(29-24,27(32)33-2)16-18-8-4-3-5-9-18/h3-15,24,29-31H,16H2,1-2H3/t24-,28-/m1/s1. The summed E-state index contributed by atoms with van der Waals surface area (Å²) in [4.78, 5) is 13.5. The lowest BCUT2D eigenvalue weighted by Gasteiger charge is -2.30. The topological polar surface area (TPSA) is 78.8 Å². The SMILES string of the molecule is COC(=O)[C@]1(Cc2ccccc2)N[C@H](c2ccc(C)cc2)c2c1c(O)c1ccccc1c2O. The molecule has 1 aliphatic heterocycles. The molecule has 5 heteroatoms. The van der Waals surface area contributed by atoms with Gasteiger partial charge >= 0.3 is 5.97 Å². The van der Waals surface area contributed by atoms with E-state index in [2.05, 4.69) is 5.32 Å². The monoisotopic (exact) mass is 439 g/mol. The van der Waals surface area contributed by atoms with Crippen LogP contribution >= 0.6 is 0 Å². The van der Waals surface area contributed by atoms with Crippen molar-refractivity contribution in [2.75, 3.05) is 7.11 Å². The van der Waals surface area contributed by atoms with E-state index in [1.54, 1.807) is 18.2 Å². The van der Waals surface area contributed by atoms with Crippen molar-refractivity contribution in [2.45, 2.75) is 24.9 Å². The lowest BCUT2D eigenvalue weighted by atomic mass is 9.81. The van der Waals surface area contributed by atoms with Gasteiger partial charge in [0.1, 0.15) is 11.5 Å². The van der Waals surface area contributed by atoms with Crippen molar-refractivity contribution in [3.8, 4) is 11.5 Å². The maximum absolute atomic E-state index is 13.5. The van der Waals surface area contributed by atoms with Crippen molar-refractivity contribution >= 4 is 16.7 Å². The molecule has 2 atom stereocenters. The van der Waals surface area contributed by atoms with Crippen molar-refractivity contribution in [2.24, 2.45) is 0 Å². The molecule has 0 aromatic heterocycles. The average Bonchev–Trinajstić information content (AvgIpc) is 3.19. The number of aromatic hydroxyl groups is 2. The van der Waals surface area contributed by atoms with Gasteiger partial charge in [0.25, 0.3) is 0 Å². The fourth-order valence-corrected chi connectivity index (χ4v) is 4.98. The number of nitrogens with one attached hydrogen (secondary N) is 1. The molecular weight excluding hydrogens is 414 g/mol. The second-order valence-electron chi connectivity index (χ2n) is 8.58. The first kappa shape index (κ1) is 21.0. The highest BCUT2D eigenvalue weighted by atomic mass is 16.5. The van der Waals surface area contributed by atoms with Crippen LogP contribution in [-0.2, 0) is 21.5 Å². The van der Waals surface area contributed by atoms with E-state index in [0.29, 0.717) is 21.9 Å². The first-order valence-electron chi connectivity index (χ1n) is 10.9. The summed E-state index contributed by atoms with van der Waals surface area (Å²) in [5.41, 5.74) is 2.36. The quantitative estimate of drug-likeness (QED) is 0.313. The van der Waals surface area contributed by atoms with Crippen molar-refractivity contribution in [1.82, 2.24) is 5.32 Å². The van der Waals surface area contributed by atoms with Crippen LogP contribution in [0.5, 0.6) is 11.5 Å². The number of benzene rings is 4. The second kappa shape index (κ2) is 7.94. The molecule has 4 aromatic carbocycles. The van der Waals surface area contributed by atoms with E-state index in [0.717, 1.165) is 16.7 Å². The number of hydrogen-bond acceptors (Lipinski definition) is 5. The number of carbonyl (C=O) groups excluding carboxylic acids is 1. The molecule has 0 bridgehead atoms. The number of aryl methyl sites for hydroxylation is 1. The maximum atomic E-state index is 13.5. The Balaban J connectivity index is 1.84. The Morgan fingerprint density at radius 1 is 0.909 bits per heavy atom. The normalized spacial score (nSPS) is 19.4. The highest BCUT2D eigenvalue weighted by molar-refractivity contribution is 6.00. The van der Waals surface area contributed by atoms with E-state index in [4.69, 9.17) is 4.74 Å². The summed E-state index contributed by atoms with van der Waals surface area (Å²) in [6.07, 6.45) is 0.251. The molecule has 4 aromatic rings. The van der Waals surface area contributed by atoms with E-state index in [-0.39, 0.29) is 17.9 Å². The molecule has 0 unspecified atom stereocenters. The van der Waals surface area contributed by atoms with Crippen LogP contribution in [0.25, 0.3) is 10.8 Å². The van der Waals surface area contributed by atoms with Crippen LogP contribution in [0.1, 0.15) is 33.9 Å². The van der Waals surface area contributed by atoms with Gasteiger partial charge in [0.2, 0.25) is 0 Å². The Morgan fingerprint density at radius 3 is 2.15 bits per heavy atom. The summed E-state index contributed by atoms with van der Waals surface area (Å²) >= 11 is 0. The van der Waals surface area contributed by atoms with Gasteiger partial charge < -0.3 is 14.9 Å². The first-order chi connectivity index (χ1) is 16.0. The van der Waals surface area contributed by atoms with Crippen molar-refractivity contribution in [3.05, 3.63) is 107 Å². The number of ether oxygens (including phenoxy) is 1. The first-order valence-corrected chi connectivity index (χ1v) is 10.9. The molecule has 1 aliphatic rings. The van der Waals surface area contributed by atoms with Gasteiger partial charge in [-0.05, 0) is 18.1 Å². The predicted octanol–water partition coefficient (Wildman–Crippen LogP) is 4.86. The molecule has 0 saturated carbocycles. The summed E-state index contributed by atoms with van der Waals surface area (Å²) in [5.74, 6) is -0.496. The van der Waals surface area contributed by atoms with Crippen molar-refractivity contribution in [1.29, 1.82) is 0 Å². The Labute approximate surface area is 192 Å². The zero-order valence-electron chi connectivity index (χ0n) is 18.5. The van der Waals surface area contributed by atoms with Crippen LogP contribution in [0.15, 0.2) is 78.9 Å². The summed E-state index contributed by atoms with van der Waals surface area (Å²) in [7, 11) is 1.34. The maximum Gasteiger partial charge on any atom is 0.331 e. The molecule has 0 fully saturated rings. The Kier molecular flexibility index (Phi) is 5.06. The number of rotatable bonds is 4. The van der Waals surface area contributed by atoms with Gasteiger partial charge in [0.15, 0.2) is 5.54 Å². The van der Waals surface area contributed by atoms with E-state index in [1.807, 2.05) is 67.6 Å². The predicted molar refractivity (Wildman–Crippen MR) is 127 cm³/mol. The lowest BCUT2D eigenvalue weighted by Crippen LogP contribution is -2.48. The van der Waals surface area contributed by atoms with Crippen molar-refractivity contribution < 1.29 is 19.7 Å². The van der Waals surface area contributed by atoms with Gasteiger partial charge in [0.05, 0.1) is 13.2 Å². The van der Waals surface area contributed by atoms with Crippen LogP contribution in [0, 0.1) is 6.92 Å². The number of methoxy groups -OCH3 is 1. The zero-order chi connectivity index (χ0) is 23.2. The summed E-state index contributed by atoms with van der Waals surface area (Å²) in [6.45, 7) is 2.00. The zero-order valence-corrected chi connectivity index (χ0v) is 18.5. The van der Waals surface area contributed by atoms with Gasteiger partial charge in [-0.25, -0.2) is 4.79 Å².